The van der Waals surface area contributed by atoms with E-state index in [1.54, 1.807) is 0 Å². The Morgan fingerprint density at radius 3 is 1.91 bits per heavy atom. The molecule has 4 rings (SSSR count). The number of aromatic hydroxyl groups is 1. The number of amides is 6. The number of benzene rings is 3. The van der Waals surface area contributed by atoms with Crippen LogP contribution in [0.25, 0.3) is 11.1 Å². The summed E-state index contributed by atoms with van der Waals surface area (Å²) in [6.45, 7) is 2.53. The first-order chi connectivity index (χ1) is 25.0. The molecule has 3 aromatic carbocycles. The second-order valence-electron chi connectivity index (χ2n) is 13.1. The lowest BCUT2D eigenvalue weighted by molar-refractivity contribution is -0.138. The third-order valence-electron chi connectivity index (χ3n) is 8.67. The summed E-state index contributed by atoms with van der Waals surface area (Å²) in [5, 5.41) is 28.8. The van der Waals surface area contributed by atoms with Crippen LogP contribution >= 0.6 is 0 Å². The number of hydrogen-bond donors (Lipinski definition) is 8. The van der Waals surface area contributed by atoms with Crippen LogP contribution in [0.3, 0.4) is 0 Å². The number of phenols is 1. The Kier molecular flexibility index (Phi) is 12.7. The number of hydrogen-bond acceptors (Lipinski definition) is 9. The molecule has 6 amide bonds. The van der Waals surface area contributed by atoms with Gasteiger partial charge in [0.1, 0.15) is 36.0 Å². The fraction of sp³-hybridized carbons (Fsp3) is 0.324. The maximum absolute atomic E-state index is 13.7. The molecule has 3 aromatic rings. The zero-order valence-corrected chi connectivity index (χ0v) is 29.1. The molecule has 0 fully saturated rings. The van der Waals surface area contributed by atoms with Crippen molar-refractivity contribution in [1.29, 1.82) is 0 Å². The Hall–Kier alpha value is -6.45. The van der Waals surface area contributed by atoms with Crippen molar-refractivity contribution in [3.63, 3.8) is 0 Å². The standard InChI is InChI=1S/C37H42N6O10/c1-37(2,35(51)41-28(32(39)48)18-30(38)45)43-34(50)29(17-20-11-13-21(44)14-12-20)40-33(49)27(15-16-31(46)47)42-36(52)53-19-26-24-9-5-3-7-22(24)23-8-4-6-10-25(23)26/h3-14,26-29,44H,15-19H2,1-2H3,(H2,38,45)(H2,39,48)(H,40,49)(H,41,51)(H,42,52)(H,43,50)(H,46,47)/t27-,28+,29+/m1/s1. The number of nitrogens with two attached hydrogens (primary N) is 2. The average molecular weight is 731 g/mol. The molecule has 16 heteroatoms. The minimum absolute atomic E-state index is 0.0578. The van der Waals surface area contributed by atoms with Crippen LogP contribution in [0.5, 0.6) is 5.75 Å². The molecule has 0 saturated heterocycles. The maximum Gasteiger partial charge on any atom is 0.407 e. The van der Waals surface area contributed by atoms with E-state index in [2.05, 4.69) is 21.3 Å². The Bertz CT molecular complexity index is 1830. The van der Waals surface area contributed by atoms with Gasteiger partial charge in [-0.3, -0.25) is 28.8 Å². The van der Waals surface area contributed by atoms with E-state index in [0.717, 1.165) is 22.3 Å². The van der Waals surface area contributed by atoms with Gasteiger partial charge in [0.25, 0.3) is 0 Å². The van der Waals surface area contributed by atoms with Crippen LogP contribution in [0.2, 0.25) is 0 Å². The van der Waals surface area contributed by atoms with Gasteiger partial charge in [-0.1, -0.05) is 60.7 Å². The Balaban J connectivity index is 1.50. The Labute approximate surface area is 304 Å². The molecule has 0 aliphatic heterocycles. The molecule has 16 nitrogen and oxygen atoms in total. The molecule has 0 spiro atoms. The fourth-order valence-electron chi connectivity index (χ4n) is 5.88. The summed E-state index contributed by atoms with van der Waals surface area (Å²) < 4.78 is 5.56. The minimum atomic E-state index is -1.73. The normalized spacial score (nSPS) is 13.6. The van der Waals surface area contributed by atoms with Crippen molar-refractivity contribution in [3.05, 3.63) is 89.5 Å². The number of fused-ring (bicyclic) bond motifs is 3. The molecular formula is C37H42N6O10. The van der Waals surface area contributed by atoms with Gasteiger partial charge < -0.3 is 47.7 Å². The maximum atomic E-state index is 13.7. The number of carboxylic acids is 1. The highest BCUT2D eigenvalue weighted by Crippen LogP contribution is 2.44. The van der Waals surface area contributed by atoms with Crippen molar-refractivity contribution in [3.8, 4) is 16.9 Å². The van der Waals surface area contributed by atoms with Crippen molar-refractivity contribution in [2.45, 2.75) is 69.1 Å². The molecule has 3 atom stereocenters. The second-order valence-corrected chi connectivity index (χ2v) is 13.1. The molecule has 0 saturated carbocycles. The smallest absolute Gasteiger partial charge is 0.407 e. The monoisotopic (exact) mass is 730 g/mol. The molecule has 0 bridgehead atoms. The molecule has 0 radical (unpaired) electrons. The van der Waals surface area contributed by atoms with E-state index in [1.807, 2.05) is 48.5 Å². The number of phenolic OH excluding ortho intramolecular Hbond substituents is 1. The number of carboxylic acid groups (broad SMARTS) is 1. The molecule has 1 aliphatic rings. The average Bonchev–Trinajstić information content (AvgIpc) is 3.42. The van der Waals surface area contributed by atoms with Crippen LogP contribution in [0, 0.1) is 0 Å². The number of aliphatic carboxylic acids is 1. The summed E-state index contributed by atoms with van der Waals surface area (Å²) in [4.78, 5) is 88.3. The Morgan fingerprint density at radius 2 is 1.36 bits per heavy atom. The molecule has 53 heavy (non-hydrogen) atoms. The van der Waals surface area contributed by atoms with Crippen LogP contribution in [0.4, 0.5) is 4.79 Å². The number of primary amides is 2. The topological polar surface area (TPSA) is 269 Å². The first-order valence-electron chi connectivity index (χ1n) is 16.7. The molecule has 1 aliphatic carbocycles. The summed E-state index contributed by atoms with van der Waals surface area (Å²) in [6.07, 6.45) is -2.62. The lowest BCUT2D eigenvalue weighted by atomic mass is 9.98. The van der Waals surface area contributed by atoms with Gasteiger partial charge in [0.05, 0.1) is 6.42 Å². The summed E-state index contributed by atoms with van der Waals surface area (Å²) >= 11 is 0. The van der Waals surface area contributed by atoms with Crippen molar-refractivity contribution in [2.24, 2.45) is 11.5 Å². The lowest BCUT2D eigenvalue weighted by Gasteiger charge is -2.30. The Morgan fingerprint density at radius 1 is 0.774 bits per heavy atom. The first-order valence-corrected chi connectivity index (χ1v) is 16.7. The SMILES string of the molecule is CC(C)(NC(=O)[C@H](Cc1ccc(O)cc1)NC(=O)[C@@H](CCC(=O)O)NC(=O)OCC1c2ccccc2-c2ccccc21)C(=O)N[C@@H](CC(N)=O)C(N)=O. The summed E-state index contributed by atoms with van der Waals surface area (Å²) in [7, 11) is 0. The van der Waals surface area contributed by atoms with Crippen LogP contribution in [0.15, 0.2) is 72.8 Å². The minimum Gasteiger partial charge on any atom is -0.508 e. The summed E-state index contributed by atoms with van der Waals surface area (Å²) in [5.74, 6) is -6.22. The van der Waals surface area contributed by atoms with Gasteiger partial charge in [-0.2, -0.15) is 0 Å². The van der Waals surface area contributed by atoms with Crippen LogP contribution < -0.4 is 32.7 Å². The fourth-order valence-corrected chi connectivity index (χ4v) is 5.88. The predicted molar refractivity (Wildman–Crippen MR) is 190 cm³/mol. The van der Waals surface area contributed by atoms with Gasteiger partial charge >= 0.3 is 12.1 Å². The van der Waals surface area contributed by atoms with Gasteiger partial charge in [0, 0.05) is 18.8 Å². The number of ether oxygens (including phenoxy) is 1. The second kappa shape index (κ2) is 17.2. The van der Waals surface area contributed by atoms with Crippen molar-refractivity contribution >= 4 is 41.6 Å². The van der Waals surface area contributed by atoms with Crippen LogP contribution in [0.1, 0.15) is 55.7 Å². The molecule has 0 unspecified atom stereocenters. The molecule has 0 aromatic heterocycles. The zero-order valence-electron chi connectivity index (χ0n) is 29.1. The number of rotatable bonds is 17. The third kappa shape index (κ3) is 10.5. The van der Waals surface area contributed by atoms with Crippen molar-refractivity contribution in [1.82, 2.24) is 21.3 Å². The van der Waals surface area contributed by atoms with Crippen LogP contribution in [-0.2, 0) is 39.9 Å². The molecular weight excluding hydrogens is 688 g/mol. The van der Waals surface area contributed by atoms with Gasteiger partial charge in [0.2, 0.25) is 29.5 Å². The number of nitrogens with one attached hydrogen (secondary N) is 4. The predicted octanol–water partition coefficient (Wildman–Crippen LogP) is 0.932. The molecule has 280 valence electrons. The number of alkyl carbamates (subject to hydrolysis) is 1. The summed E-state index contributed by atoms with van der Waals surface area (Å²) in [6, 6.07) is 16.8. The van der Waals surface area contributed by atoms with Gasteiger partial charge in [-0.05, 0) is 60.2 Å². The largest absolute Gasteiger partial charge is 0.508 e. The molecule has 10 N–H and O–H groups in total. The third-order valence-corrected chi connectivity index (χ3v) is 8.67. The van der Waals surface area contributed by atoms with Gasteiger partial charge in [0.15, 0.2) is 0 Å². The lowest BCUT2D eigenvalue weighted by Crippen LogP contribution is -2.62. The van der Waals surface area contributed by atoms with Crippen LogP contribution in [-0.4, -0.2) is 82.1 Å². The highest BCUT2D eigenvalue weighted by atomic mass is 16.5. The molecule has 0 heterocycles. The van der Waals surface area contributed by atoms with E-state index in [1.165, 1.54) is 38.1 Å². The van der Waals surface area contributed by atoms with E-state index < -0.39 is 78.1 Å². The van der Waals surface area contributed by atoms with Gasteiger partial charge in [-0.25, -0.2) is 4.79 Å². The van der Waals surface area contributed by atoms with Crippen molar-refractivity contribution < 1.29 is 48.5 Å². The van der Waals surface area contributed by atoms with E-state index in [-0.39, 0.29) is 31.1 Å². The van der Waals surface area contributed by atoms with Gasteiger partial charge in [-0.15, -0.1) is 0 Å². The van der Waals surface area contributed by atoms with Crippen molar-refractivity contribution in [2.75, 3.05) is 6.61 Å². The first kappa shape index (κ1) is 39.3. The highest BCUT2D eigenvalue weighted by molar-refractivity contribution is 5.98. The summed E-state index contributed by atoms with van der Waals surface area (Å²) in [5.41, 5.74) is 13.1. The van der Waals surface area contributed by atoms with E-state index in [9.17, 15) is 43.8 Å². The number of carbonyl (C=O) groups is 7. The number of carbonyl (C=O) groups excluding carboxylic acids is 6. The van der Waals surface area contributed by atoms with E-state index in [0.29, 0.717) is 5.56 Å². The zero-order chi connectivity index (χ0) is 38.9. The quantitative estimate of drug-likeness (QED) is 0.0974. The highest BCUT2D eigenvalue weighted by Gasteiger charge is 2.36. The van der Waals surface area contributed by atoms with E-state index in [4.69, 9.17) is 16.2 Å². The van der Waals surface area contributed by atoms with E-state index >= 15 is 0 Å².